The molecule has 7 heteroatoms. The Labute approximate surface area is 135 Å². The fourth-order valence-corrected chi connectivity index (χ4v) is 3.23. The van der Waals surface area contributed by atoms with E-state index in [1.165, 1.54) is 27.1 Å². The molecule has 1 aromatic heterocycles. The highest BCUT2D eigenvalue weighted by atomic mass is 16.5. The third kappa shape index (κ3) is 3.40. The number of methoxy groups -OCH3 is 2. The second-order valence-electron chi connectivity index (χ2n) is 5.84. The summed E-state index contributed by atoms with van der Waals surface area (Å²) in [5.41, 5.74) is 0.403. The first-order chi connectivity index (χ1) is 11.2. The Morgan fingerprint density at radius 1 is 1.26 bits per heavy atom. The van der Waals surface area contributed by atoms with Crippen LogP contribution in [0.15, 0.2) is 12.1 Å². The Kier molecular flexibility index (Phi) is 4.97. The van der Waals surface area contributed by atoms with Crippen molar-refractivity contribution < 1.29 is 19.0 Å². The minimum atomic E-state index is -0.198. The van der Waals surface area contributed by atoms with Crippen molar-refractivity contribution in [3.63, 3.8) is 0 Å². The van der Waals surface area contributed by atoms with E-state index < -0.39 is 0 Å². The first-order valence-electron chi connectivity index (χ1n) is 7.94. The second-order valence-corrected chi connectivity index (χ2v) is 5.84. The normalized spacial score (nSPS) is 24.6. The van der Waals surface area contributed by atoms with Crippen molar-refractivity contribution in [2.24, 2.45) is 0 Å². The smallest absolute Gasteiger partial charge is 0.257 e. The summed E-state index contributed by atoms with van der Waals surface area (Å²) in [6.45, 7) is 3.36. The maximum Gasteiger partial charge on any atom is 0.257 e. The van der Waals surface area contributed by atoms with Gasteiger partial charge in [0.2, 0.25) is 11.8 Å². The highest BCUT2D eigenvalue weighted by molar-refractivity contribution is 5.96. The van der Waals surface area contributed by atoms with E-state index in [0.29, 0.717) is 24.7 Å². The molecule has 3 rings (SSSR count). The van der Waals surface area contributed by atoms with Crippen molar-refractivity contribution in [3.8, 4) is 11.8 Å². The quantitative estimate of drug-likeness (QED) is 0.860. The van der Waals surface area contributed by atoms with Crippen LogP contribution in [0.3, 0.4) is 0 Å². The van der Waals surface area contributed by atoms with Crippen LogP contribution in [-0.4, -0.2) is 68.4 Å². The van der Waals surface area contributed by atoms with Crippen LogP contribution in [0.5, 0.6) is 11.8 Å². The summed E-state index contributed by atoms with van der Waals surface area (Å²) in [4.78, 5) is 19.2. The summed E-state index contributed by atoms with van der Waals surface area (Å²) < 4.78 is 15.9. The third-order valence-electron chi connectivity index (χ3n) is 4.46. The Bertz CT molecular complexity index is 560. The van der Waals surface area contributed by atoms with Gasteiger partial charge in [0.25, 0.3) is 5.91 Å². The van der Waals surface area contributed by atoms with Gasteiger partial charge in [0.05, 0.1) is 39.5 Å². The SMILES string of the molecule is COc1ccc(C(=O)N[C@@H]2COC[C@H]2N2CCCC2)c(OC)n1. The Morgan fingerprint density at radius 3 is 2.74 bits per heavy atom. The van der Waals surface area contributed by atoms with E-state index in [9.17, 15) is 4.79 Å². The average Bonchev–Trinajstić information content (AvgIpc) is 3.25. The number of aromatic nitrogens is 1. The fourth-order valence-electron chi connectivity index (χ4n) is 3.23. The molecule has 0 aromatic carbocycles. The van der Waals surface area contributed by atoms with Crippen molar-refractivity contribution in [2.75, 3.05) is 40.5 Å². The summed E-state index contributed by atoms with van der Waals surface area (Å²) in [6.07, 6.45) is 2.43. The molecule has 2 aliphatic heterocycles. The van der Waals surface area contributed by atoms with Crippen LogP contribution in [0, 0.1) is 0 Å². The summed E-state index contributed by atoms with van der Waals surface area (Å²) in [5, 5.41) is 3.07. The molecule has 1 aromatic rings. The second kappa shape index (κ2) is 7.14. The van der Waals surface area contributed by atoms with Gasteiger partial charge in [-0.25, -0.2) is 0 Å². The summed E-state index contributed by atoms with van der Waals surface area (Å²) in [6, 6.07) is 3.56. The number of amides is 1. The fraction of sp³-hybridized carbons (Fsp3) is 0.625. The first-order valence-corrected chi connectivity index (χ1v) is 7.94. The number of carbonyl (C=O) groups is 1. The number of hydrogen-bond donors (Lipinski definition) is 1. The van der Waals surface area contributed by atoms with E-state index in [1.807, 2.05) is 0 Å². The topological polar surface area (TPSA) is 72.9 Å². The Morgan fingerprint density at radius 2 is 2.04 bits per heavy atom. The number of nitrogens with zero attached hydrogens (tertiary/aromatic N) is 2. The largest absolute Gasteiger partial charge is 0.481 e. The monoisotopic (exact) mass is 321 g/mol. The molecular formula is C16H23N3O4. The number of ether oxygens (including phenoxy) is 3. The van der Waals surface area contributed by atoms with Crippen LogP contribution in [0.25, 0.3) is 0 Å². The van der Waals surface area contributed by atoms with E-state index in [0.717, 1.165) is 13.1 Å². The Hall–Kier alpha value is -1.86. The highest BCUT2D eigenvalue weighted by Gasteiger charge is 2.35. The van der Waals surface area contributed by atoms with E-state index in [-0.39, 0.29) is 23.9 Å². The predicted octanol–water partition coefficient (Wildman–Crippen LogP) is 0.692. The van der Waals surface area contributed by atoms with E-state index >= 15 is 0 Å². The average molecular weight is 321 g/mol. The molecule has 0 radical (unpaired) electrons. The molecule has 7 nitrogen and oxygen atoms in total. The van der Waals surface area contributed by atoms with E-state index in [4.69, 9.17) is 14.2 Å². The van der Waals surface area contributed by atoms with Gasteiger partial charge in [-0.3, -0.25) is 9.69 Å². The minimum absolute atomic E-state index is 0.00703. The summed E-state index contributed by atoms with van der Waals surface area (Å²) in [5.74, 6) is 0.479. The number of hydrogen-bond acceptors (Lipinski definition) is 6. The molecule has 0 unspecified atom stereocenters. The lowest BCUT2D eigenvalue weighted by Crippen LogP contribution is -2.50. The lowest BCUT2D eigenvalue weighted by atomic mass is 10.1. The molecule has 126 valence electrons. The van der Waals surface area contributed by atoms with Crippen molar-refractivity contribution >= 4 is 5.91 Å². The van der Waals surface area contributed by atoms with Crippen molar-refractivity contribution in [1.82, 2.24) is 15.2 Å². The van der Waals surface area contributed by atoms with Crippen LogP contribution < -0.4 is 14.8 Å². The van der Waals surface area contributed by atoms with Gasteiger partial charge in [0.1, 0.15) is 5.56 Å². The van der Waals surface area contributed by atoms with Gasteiger partial charge in [-0.1, -0.05) is 0 Å². The van der Waals surface area contributed by atoms with Crippen LogP contribution in [-0.2, 0) is 4.74 Å². The van der Waals surface area contributed by atoms with Crippen LogP contribution >= 0.6 is 0 Å². The van der Waals surface area contributed by atoms with Gasteiger partial charge in [-0.2, -0.15) is 4.98 Å². The number of nitrogens with one attached hydrogen (secondary N) is 1. The van der Waals surface area contributed by atoms with Crippen molar-refractivity contribution in [3.05, 3.63) is 17.7 Å². The van der Waals surface area contributed by atoms with Crippen molar-refractivity contribution in [1.29, 1.82) is 0 Å². The summed E-state index contributed by atoms with van der Waals surface area (Å²) >= 11 is 0. The zero-order valence-corrected chi connectivity index (χ0v) is 13.6. The van der Waals surface area contributed by atoms with E-state index in [2.05, 4.69) is 15.2 Å². The molecule has 2 aliphatic rings. The molecule has 2 fully saturated rings. The molecule has 0 aliphatic carbocycles. The van der Waals surface area contributed by atoms with Gasteiger partial charge >= 0.3 is 0 Å². The maximum atomic E-state index is 12.6. The zero-order chi connectivity index (χ0) is 16.2. The zero-order valence-electron chi connectivity index (χ0n) is 13.6. The van der Waals surface area contributed by atoms with Crippen LogP contribution in [0.1, 0.15) is 23.2 Å². The van der Waals surface area contributed by atoms with Gasteiger partial charge in [0.15, 0.2) is 0 Å². The molecule has 3 heterocycles. The molecule has 23 heavy (non-hydrogen) atoms. The molecule has 2 saturated heterocycles. The third-order valence-corrected chi connectivity index (χ3v) is 4.46. The molecule has 0 bridgehead atoms. The van der Waals surface area contributed by atoms with Gasteiger partial charge in [-0.15, -0.1) is 0 Å². The molecular weight excluding hydrogens is 298 g/mol. The molecule has 0 saturated carbocycles. The van der Waals surface area contributed by atoms with Crippen LogP contribution in [0.4, 0.5) is 0 Å². The number of likely N-dealkylation sites (tertiary alicyclic amines) is 1. The lowest BCUT2D eigenvalue weighted by Gasteiger charge is -2.28. The van der Waals surface area contributed by atoms with Crippen molar-refractivity contribution in [2.45, 2.75) is 24.9 Å². The number of pyridine rings is 1. The molecule has 1 N–H and O–H groups in total. The van der Waals surface area contributed by atoms with Gasteiger partial charge in [0, 0.05) is 6.07 Å². The Balaban J connectivity index is 1.71. The molecule has 0 spiro atoms. The molecule has 2 atom stereocenters. The summed E-state index contributed by atoms with van der Waals surface area (Å²) in [7, 11) is 3.02. The molecule has 1 amide bonds. The van der Waals surface area contributed by atoms with E-state index in [1.54, 1.807) is 12.1 Å². The van der Waals surface area contributed by atoms with Crippen LogP contribution in [0.2, 0.25) is 0 Å². The minimum Gasteiger partial charge on any atom is -0.481 e. The predicted molar refractivity (Wildman–Crippen MR) is 84.0 cm³/mol. The number of rotatable bonds is 5. The maximum absolute atomic E-state index is 12.6. The standard InChI is InChI=1S/C16H23N3O4/c1-21-14-6-5-11(16(18-14)22-2)15(20)17-12-9-23-10-13(12)19-7-3-4-8-19/h5-6,12-13H,3-4,7-10H2,1-2H3,(H,17,20)/t12-,13-/m1/s1. The lowest BCUT2D eigenvalue weighted by molar-refractivity contribution is 0.0912. The van der Waals surface area contributed by atoms with Gasteiger partial charge in [-0.05, 0) is 32.0 Å². The highest BCUT2D eigenvalue weighted by Crippen LogP contribution is 2.22. The first kappa shape index (κ1) is 16.0. The van der Waals surface area contributed by atoms with Gasteiger partial charge < -0.3 is 19.5 Å². The number of carbonyl (C=O) groups excluding carboxylic acids is 1.